The zero-order valence-corrected chi connectivity index (χ0v) is 18.0. The smallest absolute Gasteiger partial charge is 0.274 e. The molecule has 1 aliphatic rings. The highest BCUT2D eigenvalue weighted by molar-refractivity contribution is 5.92. The van der Waals surface area contributed by atoms with Gasteiger partial charge >= 0.3 is 0 Å². The molecule has 0 aliphatic carbocycles. The molecule has 4 heterocycles. The number of aromatic nitrogens is 5. The summed E-state index contributed by atoms with van der Waals surface area (Å²) >= 11 is 0. The SMILES string of the molecule is Cc1cnc(C(=O)N2CCC(COc3ccc4nc(C(C)(C)C)cn4n3)CC2)cn1. The Morgan fingerprint density at radius 1 is 1.17 bits per heavy atom. The van der Waals surface area contributed by atoms with Gasteiger partial charge in [-0.25, -0.2) is 14.5 Å². The number of amides is 1. The third kappa shape index (κ3) is 4.42. The molecule has 0 unspecified atom stereocenters. The van der Waals surface area contributed by atoms with E-state index in [4.69, 9.17) is 4.74 Å². The van der Waals surface area contributed by atoms with Crippen molar-refractivity contribution in [3.63, 3.8) is 0 Å². The lowest BCUT2D eigenvalue weighted by molar-refractivity contribution is 0.0652. The highest BCUT2D eigenvalue weighted by Gasteiger charge is 2.25. The van der Waals surface area contributed by atoms with Crippen LogP contribution in [0.15, 0.2) is 30.7 Å². The summed E-state index contributed by atoms with van der Waals surface area (Å²) in [6.07, 6.45) is 6.93. The van der Waals surface area contributed by atoms with Crippen molar-refractivity contribution < 1.29 is 9.53 Å². The number of hydrogen-bond donors (Lipinski definition) is 0. The van der Waals surface area contributed by atoms with Crippen LogP contribution in [0.1, 0.15) is 55.5 Å². The maximum Gasteiger partial charge on any atom is 0.274 e. The van der Waals surface area contributed by atoms with Crippen molar-refractivity contribution in [1.29, 1.82) is 0 Å². The van der Waals surface area contributed by atoms with Gasteiger partial charge in [-0.3, -0.25) is 9.78 Å². The fourth-order valence-corrected chi connectivity index (χ4v) is 3.47. The number of aryl methyl sites for hydroxylation is 1. The minimum absolute atomic E-state index is 0.0235. The van der Waals surface area contributed by atoms with E-state index in [0.29, 0.717) is 37.2 Å². The van der Waals surface area contributed by atoms with Crippen LogP contribution in [-0.2, 0) is 5.41 Å². The van der Waals surface area contributed by atoms with Gasteiger partial charge in [0, 0.05) is 30.8 Å². The molecule has 3 aromatic heterocycles. The minimum atomic E-state index is -0.0521. The first kappa shape index (κ1) is 20.3. The molecule has 1 saturated heterocycles. The number of carbonyl (C=O) groups excluding carboxylic acids is 1. The van der Waals surface area contributed by atoms with Crippen molar-refractivity contribution in [3.8, 4) is 5.88 Å². The number of rotatable bonds is 4. The Balaban J connectivity index is 1.31. The molecule has 0 bridgehead atoms. The molecule has 1 fully saturated rings. The summed E-state index contributed by atoms with van der Waals surface area (Å²) in [5, 5.41) is 4.54. The molecule has 1 amide bonds. The van der Waals surface area contributed by atoms with E-state index in [2.05, 4.69) is 40.8 Å². The molecule has 0 saturated carbocycles. The molecule has 0 radical (unpaired) electrons. The fourth-order valence-electron chi connectivity index (χ4n) is 3.47. The molecule has 0 N–H and O–H groups in total. The number of carbonyl (C=O) groups is 1. The predicted octanol–water partition coefficient (Wildman–Crippen LogP) is 3.06. The monoisotopic (exact) mass is 408 g/mol. The quantitative estimate of drug-likeness (QED) is 0.660. The van der Waals surface area contributed by atoms with E-state index in [1.807, 2.05) is 30.2 Å². The maximum atomic E-state index is 12.6. The zero-order valence-electron chi connectivity index (χ0n) is 18.0. The van der Waals surface area contributed by atoms with Gasteiger partial charge in [0.1, 0.15) is 5.69 Å². The minimum Gasteiger partial charge on any atom is -0.476 e. The Hall–Kier alpha value is -3.03. The second kappa shape index (κ2) is 8.01. The number of likely N-dealkylation sites (tertiary alicyclic amines) is 1. The van der Waals surface area contributed by atoms with Crippen LogP contribution in [0.3, 0.4) is 0 Å². The number of ether oxygens (including phenoxy) is 1. The van der Waals surface area contributed by atoms with Gasteiger partial charge in [0.05, 0.1) is 30.4 Å². The van der Waals surface area contributed by atoms with E-state index in [1.54, 1.807) is 16.9 Å². The van der Waals surface area contributed by atoms with Crippen LogP contribution in [0.4, 0.5) is 0 Å². The summed E-state index contributed by atoms with van der Waals surface area (Å²) in [5.74, 6) is 0.932. The average Bonchev–Trinajstić information content (AvgIpc) is 3.17. The van der Waals surface area contributed by atoms with Gasteiger partial charge in [-0.1, -0.05) is 20.8 Å². The molecule has 8 heteroatoms. The van der Waals surface area contributed by atoms with Crippen molar-refractivity contribution in [2.24, 2.45) is 5.92 Å². The molecule has 0 spiro atoms. The Labute approximate surface area is 176 Å². The van der Waals surface area contributed by atoms with E-state index in [1.165, 1.54) is 0 Å². The predicted molar refractivity (Wildman–Crippen MR) is 113 cm³/mol. The van der Waals surface area contributed by atoms with E-state index in [0.717, 1.165) is 29.9 Å². The van der Waals surface area contributed by atoms with Crippen molar-refractivity contribution in [2.75, 3.05) is 19.7 Å². The van der Waals surface area contributed by atoms with Crippen LogP contribution in [0.25, 0.3) is 5.65 Å². The van der Waals surface area contributed by atoms with Gasteiger partial charge in [-0.2, -0.15) is 0 Å². The summed E-state index contributed by atoms with van der Waals surface area (Å²) in [6, 6.07) is 3.80. The van der Waals surface area contributed by atoms with Gasteiger partial charge in [-0.05, 0) is 31.7 Å². The standard InChI is InChI=1S/C22H28N6O2/c1-15-11-24-17(12-23-15)21(29)27-9-7-16(8-10-27)14-30-20-6-5-19-25-18(22(2,3)4)13-28(19)26-20/h5-6,11-13,16H,7-10,14H2,1-4H3. The van der Waals surface area contributed by atoms with Crippen LogP contribution in [0.2, 0.25) is 0 Å². The second-order valence-electron chi connectivity index (χ2n) is 8.94. The Morgan fingerprint density at radius 3 is 2.60 bits per heavy atom. The number of hydrogen-bond acceptors (Lipinski definition) is 6. The van der Waals surface area contributed by atoms with E-state index in [-0.39, 0.29) is 11.3 Å². The summed E-state index contributed by atoms with van der Waals surface area (Å²) in [6.45, 7) is 10.2. The Bertz CT molecular complexity index is 1030. The third-order valence-electron chi connectivity index (χ3n) is 5.43. The van der Waals surface area contributed by atoms with E-state index >= 15 is 0 Å². The molecular weight excluding hydrogens is 380 g/mol. The van der Waals surface area contributed by atoms with Crippen molar-refractivity contribution in [3.05, 3.63) is 47.8 Å². The summed E-state index contributed by atoms with van der Waals surface area (Å²) in [4.78, 5) is 27.4. The van der Waals surface area contributed by atoms with Crippen molar-refractivity contribution in [1.82, 2.24) is 29.5 Å². The normalized spacial score (nSPS) is 15.5. The largest absolute Gasteiger partial charge is 0.476 e. The average molecular weight is 409 g/mol. The zero-order chi connectivity index (χ0) is 21.3. The van der Waals surface area contributed by atoms with Gasteiger partial charge in [0.15, 0.2) is 5.65 Å². The lowest BCUT2D eigenvalue weighted by Crippen LogP contribution is -2.40. The molecule has 0 atom stereocenters. The molecule has 3 aromatic rings. The topological polar surface area (TPSA) is 85.5 Å². The molecule has 8 nitrogen and oxygen atoms in total. The molecule has 0 aromatic carbocycles. The van der Waals surface area contributed by atoms with Crippen molar-refractivity contribution >= 4 is 11.6 Å². The first-order valence-electron chi connectivity index (χ1n) is 10.4. The lowest BCUT2D eigenvalue weighted by Gasteiger charge is -2.31. The van der Waals surface area contributed by atoms with E-state index < -0.39 is 0 Å². The Kier molecular flexibility index (Phi) is 5.40. The number of fused-ring (bicyclic) bond motifs is 1. The molecule has 158 valence electrons. The third-order valence-corrected chi connectivity index (χ3v) is 5.43. The first-order valence-corrected chi connectivity index (χ1v) is 10.4. The summed E-state index contributed by atoms with van der Waals surface area (Å²) < 4.78 is 7.73. The first-order chi connectivity index (χ1) is 14.3. The van der Waals surface area contributed by atoms with Crippen LogP contribution >= 0.6 is 0 Å². The molecular formula is C22H28N6O2. The number of piperidine rings is 1. The molecule has 4 rings (SSSR count). The van der Waals surface area contributed by atoms with Gasteiger partial charge in [0.2, 0.25) is 5.88 Å². The highest BCUT2D eigenvalue weighted by Crippen LogP contribution is 2.23. The summed E-state index contributed by atoms with van der Waals surface area (Å²) in [5.41, 5.74) is 3.01. The number of imidazole rings is 1. The van der Waals surface area contributed by atoms with Crippen LogP contribution in [-0.4, -0.2) is 55.1 Å². The fraction of sp³-hybridized carbons (Fsp3) is 0.500. The molecule has 1 aliphatic heterocycles. The summed E-state index contributed by atoms with van der Waals surface area (Å²) in [7, 11) is 0. The van der Waals surface area contributed by atoms with Crippen LogP contribution < -0.4 is 4.74 Å². The van der Waals surface area contributed by atoms with Crippen molar-refractivity contribution in [2.45, 2.75) is 46.0 Å². The van der Waals surface area contributed by atoms with Gasteiger partial charge in [0.25, 0.3) is 5.91 Å². The lowest BCUT2D eigenvalue weighted by atomic mass is 9.93. The van der Waals surface area contributed by atoms with Gasteiger partial charge in [-0.15, -0.1) is 5.10 Å². The Morgan fingerprint density at radius 2 is 1.93 bits per heavy atom. The maximum absolute atomic E-state index is 12.6. The van der Waals surface area contributed by atoms with Gasteiger partial charge < -0.3 is 9.64 Å². The molecule has 30 heavy (non-hydrogen) atoms. The van der Waals surface area contributed by atoms with Crippen LogP contribution in [0.5, 0.6) is 5.88 Å². The number of nitrogens with zero attached hydrogens (tertiary/aromatic N) is 6. The second-order valence-corrected chi connectivity index (χ2v) is 8.94. The highest BCUT2D eigenvalue weighted by atomic mass is 16.5. The van der Waals surface area contributed by atoms with Crippen LogP contribution in [0, 0.1) is 12.8 Å². The van der Waals surface area contributed by atoms with E-state index in [9.17, 15) is 4.79 Å².